The third-order valence-corrected chi connectivity index (χ3v) is 5.00. The van der Waals surface area contributed by atoms with Crippen LogP contribution in [-0.4, -0.2) is 47.6 Å². The molecule has 0 atom stereocenters. The highest BCUT2D eigenvalue weighted by atomic mass is 32.2. The first-order chi connectivity index (χ1) is 12.2. The predicted octanol–water partition coefficient (Wildman–Crippen LogP) is 2.22. The third kappa shape index (κ3) is 4.60. The maximum absolute atomic E-state index is 12.3. The summed E-state index contributed by atoms with van der Waals surface area (Å²) >= 11 is 2.40. The summed E-state index contributed by atoms with van der Waals surface area (Å²) in [5.74, 6) is 0.677. The Kier molecular flexibility index (Phi) is 5.71. The van der Waals surface area contributed by atoms with Gasteiger partial charge in [0.05, 0.1) is 12.4 Å². The third-order valence-electron chi connectivity index (χ3n) is 3.05. The van der Waals surface area contributed by atoms with Crippen LogP contribution in [0.2, 0.25) is 0 Å². The van der Waals surface area contributed by atoms with Gasteiger partial charge in [-0.15, -0.1) is 10.2 Å². The Labute approximate surface area is 151 Å². The summed E-state index contributed by atoms with van der Waals surface area (Å²) in [6.07, 6.45) is 0. The second-order valence-corrected chi connectivity index (χ2v) is 6.98. The zero-order valence-corrected chi connectivity index (χ0v) is 14.9. The molecule has 1 aliphatic heterocycles. The maximum atomic E-state index is 12.3. The first-order valence-electron chi connectivity index (χ1n) is 7.48. The molecule has 1 aliphatic rings. The molecule has 1 amide bonds. The van der Waals surface area contributed by atoms with Crippen molar-refractivity contribution in [2.75, 3.05) is 30.9 Å². The summed E-state index contributed by atoms with van der Waals surface area (Å²) in [6.45, 7) is 3.04. The van der Waals surface area contributed by atoms with Crippen LogP contribution in [0, 0.1) is 0 Å². The summed E-state index contributed by atoms with van der Waals surface area (Å²) in [7, 11) is 0. The van der Waals surface area contributed by atoms with E-state index in [1.165, 1.54) is 23.1 Å². The minimum atomic E-state index is -0.324. The minimum Gasteiger partial charge on any atom is -0.486 e. The van der Waals surface area contributed by atoms with Crippen molar-refractivity contribution in [1.29, 1.82) is 0 Å². The summed E-state index contributed by atoms with van der Waals surface area (Å²) in [5.41, 5.74) is 0.431. The molecule has 2 heterocycles. The van der Waals surface area contributed by atoms with Crippen LogP contribution in [0.1, 0.15) is 17.3 Å². The Hall–Kier alpha value is -2.33. The van der Waals surface area contributed by atoms with Crippen molar-refractivity contribution >= 4 is 40.1 Å². The van der Waals surface area contributed by atoms with E-state index >= 15 is 0 Å². The molecule has 0 saturated heterocycles. The molecule has 0 unspecified atom stereocenters. The number of fused-ring (bicyclic) bond motifs is 1. The molecule has 0 spiro atoms. The van der Waals surface area contributed by atoms with Crippen molar-refractivity contribution in [3.8, 4) is 11.5 Å². The first kappa shape index (κ1) is 17.5. The van der Waals surface area contributed by atoms with E-state index in [0.717, 1.165) is 0 Å². The molecule has 0 fully saturated rings. The number of nitrogens with one attached hydrogen (secondary N) is 1. The summed E-state index contributed by atoms with van der Waals surface area (Å²) in [4.78, 5) is 23.6. The highest BCUT2D eigenvalue weighted by Crippen LogP contribution is 2.31. The number of benzene rings is 1. The van der Waals surface area contributed by atoms with Gasteiger partial charge in [-0.3, -0.25) is 14.9 Å². The Balaban J connectivity index is 1.59. The number of hydrogen-bond acceptors (Lipinski definition) is 9. The van der Waals surface area contributed by atoms with Gasteiger partial charge in [0.25, 0.3) is 5.91 Å². The Morgan fingerprint density at radius 1 is 1.28 bits per heavy atom. The van der Waals surface area contributed by atoms with E-state index in [1.807, 2.05) is 0 Å². The van der Waals surface area contributed by atoms with Crippen molar-refractivity contribution in [3.05, 3.63) is 23.8 Å². The summed E-state index contributed by atoms with van der Waals surface area (Å²) in [5, 5.41) is 10.9. The Bertz CT molecular complexity index is 780. The van der Waals surface area contributed by atoms with E-state index in [-0.39, 0.29) is 17.6 Å². The fourth-order valence-corrected chi connectivity index (χ4v) is 3.54. The van der Waals surface area contributed by atoms with Crippen LogP contribution >= 0.6 is 23.1 Å². The SMILES string of the molecule is CCOC(=O)CSc1nnc(NC(=O)c2ccc3c(c2)OCCO3)s1. The quantitative estimate of drug-likeness (QED) is 0.462. The molecule has 25 heavy (non-hydrogen) atoms. The number of ether oxygens (including phenoxy) is 3. The standard InChI is InChI=1S/C15H15N3O5S2/c1-2-21-12(19)8-24-15-18-17-14(25-15)16-13(20)9-3-4-10-11(7-9)23-6-5-22-10/h3-4,7H,2,5-6,8H2,1H3,(H,16,17,20). The highest BCUT2D eigenvalue weighted by Gasteiger charge is 2.16. The number of carbonyl (C=O) groups excluding carboxylic acids is 2. The lowest BCUT2D eigenvalue weighted by Gasteiger charge is -2.18. The first-order valence-corrected chi connectivity index (χ1v) is 9.29. The maximum Gasteiger partial charge on any atom is 0.316 e. The van der Waals surface area contributed by atoms with Gasteiger partial charge in [-0.2, -0.15) is 0 Å². The van der Waals surface area contributed by atoms with Crippen LogP contribution in [0.4, 0.5) is 5.13 Å². The molecule has 0 radical (unpaired) electrons. The molecule has 1 aromatic heterocycles. The van der Waals surface area contributed by atoms with Gasteiger partial charge in [0.15, 0.2) is 15.8 Å². The zero-order chi connectivity index (χ0) is 17.6. The van der Waals surface area contributed by atoms with Gasteiger partial charge in [-0.05, 0) is 25.1 Å². The van der Waals surface area contributed by atoms with Crippen LogP contribution in [0.5, 0.6) is 11.5 Å². The van der Waals surface area contributed by atoms with Gasteiger partial charge in [0.2, 0.25) is 5.13 Å². The topological polar surface area (TPSA) is 99.6 Å². The number of nitrogens with zero attached hydrogens (tertiary/aromatic N) is 2. The second kappa shape index (κ2) is 8.17. The van der Waals surface area contributed by atoms with Crippen LogP contribution in [-0.2, 0) is 9.53 Å². The molecule has 2 aromatic rings. The van der Waals surface area contributed by atoms with Gasteiger partial charge in [0.1, 0.15) is 13.2 Å². The fraction of sp³-hybridized carbons (Fsp3) is 0.333. The molecule has 132 valence electrons. The number of thioether (sulfide) groups is 1. The van der Waals surface area contributed by atoms with E-state index in [1.54, 1.807) is 25.1 Å². The van der Waals surface area contributed by atoms with Gasteiger partial charge >= 0.3 is 5.97 Å². The van der Waals surface area contributed by atoms with Gasteiger partial charge in [-0.25, -0.2) is 0 Å². The molecule has 1 aromatic carbocycles. The van der Waals surface area contributed by atoms with E-state index in [4.69, 9.17) is 14.2 Å². The smallest absolute Gasteiger partial charge is 0.316 e. The van der Waals surface area contributed by atoms with Crippen LogP contribution in [0.25, 0.3) is 0 Å². The molecule has 10 heteroatoms. The molecule has 1 N–H and O–H groups in total. The predicted molar refractivity (Wildman–Crippen MR) is 92.7 cm³/mol. The number of aromatic nitrogens is 2. The van der Waals surface area contributed by atoms with Crippen molar-refractivity contribution in [3.63, 3.8) is 0 Å². The monoisotopic (exact) mass is 381 g/mol. The molecule has 3 rings (SSSR count). The lowest BCUT2D eigenvalue weighted by atomic mass is 10.2. The van der Waals surface area contributed by atoms with E-state index in [9.17, 15) is 9.59 Å². The zero-order valence-electron chi connectivity index (χ0n) is 13.3. The second-order valence-electron chi connectivity index (χ2n) is 4.78. The highest BCUT2D eigenvalue weighted by molar-refractivity contribution is 8.01. The van der Waals surface area contributed by atoms with Crippen LogP contribution < -0.4 is 14.8 Å². The fourth-order valence-electron chi connectivity index (χ4n) is 2.00. The molecular formula is C15H15N3O5S2. The molecule has 0 saturated carbocycles. The largest absolute Gasteiger partial charge is 0.486 e. The normalized spacial score (nSPS) is 12.5. The number of esters is 1. The number of anilines is 1. The number of carbonyl (C=O) groups is 2. The average molecular weight is 381 g/mol. The van der Waals surface area contributed by atoms with E-state index in [0.29, 0.717) is 46.4 Å². The van der Waals surface area contributed by atoms with Gasteiger partial charge in [-0.1, -0.05) is 23.1 Å². The van der Waals surface area contributed by atoms with Crippen molar-refractivity contribution in [2.24, 2.45) is 0 Å². The van der Waals surface area contributed by atoms with Crippen molar-refractivity contribution in [2.45, 2.75) is 11.3 Å². The molecule has 8 nitrogen and oxygen atoms in total. The number of hydrogen-bond donors (Lipinski definition) is 1. The minimum absolute atomic E-state index is 0.151. The molecular weight excluding hydrogens is 366 g/mol. The van der Waals surface area contributed by atoms with Gasteiger partial charge < -0.3 is 14.2 Å². The lowest BCUT2D eigenvalue weighted by Crippen LogP contribution is -2.17. The molecule has 0 aliphatic carbocycles. The molecule has 0 bridgehead atoms. The lowest BCUT2D eigenvalue weighted by molar-refractivity contribution is -0.139. The van der Waals surface area contributed by atoms with E-state index < -0.39 is 0 Å². The number of rotatable bonds is 6. The van der Waals surface area contributed by atoms with Crippen LogP contribution in [0.3, 0.4) is 0 Å². The van der Waals surface area contributed by atoms with Gasteiger partial charge in [0, 0.05) is 5.56 Å². The van der Waals surface area contributed by atoms with Crippen molar-refractivity contribution < 1.29 is 23.8 Å². The number of amides is 1. The van der Waals surface area contributed by atoms with Crippen molar-refractivity contribution in [1.82, 2.24) is 10.2 Å². The van der Waals surface area contributed by atoms with E-state index in [2.05, 4.69) is 15.5 Å². The van der Waals surface area contributed by atoms with Crippen LogP contribution in [0.15, 0.2) is 22.5 Å². The summed E-state index contributed by atoms with van der Waals surface area (Å²) < 4.78 is 16.3. The summed E-state index contributed by atoms with van der Waals surface area (Å²) in [6, 6.07) is 4.98. The average Bonchev–Trinajstić information content (AvgIpc) is 3.07. The Morgan fingerprint density at radius 3 is 2.88 bits per heavy atom. The Morgan fingerprint density at radius 2 is 2.08 bits per heavy atom.